The van der Waals surface area contributed by atoms with Crippen LogP contribution in [0.5, 0.6) is 5.75 Å². The van der Waals surface area contributed by atoms with Gasteiger partial charge in [-0.1, -0.05) is 12.1 Å². The van der Waals surface area contributed by atoms with E-state index in [1.54, 1.807) is 12.1 Å². The number of phenolic OH excluding ortho intramolecular Hbond substituents is 1. The Labute approximate surface area is 136 Å². The van der Waals surface area contributed by atoms with Crippen molar-refractivity contribution in [3.05, 3.63) is 29.3 Å². The molecule has 1 heterocycles. The van der Waals surface area contributed by atoms with Gasteiger partial charge in [-0.3, -0.25) is 9.59 Å². The van der Waals surface area contributed by atoms with Gasteiger partial charge in [0.2, 0.25) is 11.8 Å². The van der Waals surface area contributed by atoms with Crippen LogP contribution in [0.1, 0.15) is 30.0 Å². The van der Waals surface area contributed by atoms with Crippen LogP contribution in [0.2, 0.25) is 0 Å². The molecule has 0 spiro atoms. The number of alkyl halides is 3. The molecule has 2 amide bonds. The van der Waals surface area contributed by atoms with Gasteiger partial charge >= 0.3 is 6.18 Å². The van der Waals surface area contributed by atoms with Crippen molar-refractivity contribution in [2.75, 3.05) is 13.1 Å². The van der Waals surface area contributed by atoms with E-state index in [0.29, 0.717) is 17.7 Å². The van der Waals surface area contributed by atoms with Gasteiger partial charge in [-0.15, -0.1) is 0 Å². The van der Waals surface area contributed by atoms with Gasteiger partial charge in [0.05, 0.1) is 12.0 Å². The van der Waals surface area contributed by atoms with Crippen LogP contribution in [-0.2, 0) is 16.0 Å². The predicted molar refractivity (Wildman–Crippen MR) is 78.1 cm³/mol. The monoisotopic (exact) mass is 342 g/mol. The Morgan fingerprint density at radius 2 is 2.12 bits per heavy atom. The van der Waals surface area contributed by atoms with Crippen LogP contribution in [0.15, 0.2) is 18.2 Å². The highest BCUT2D eigenvalue weighted by atomic mass is 19.4. The fraction of sp³-hybridized carbons (Fsp3) is 0.500. The Morgan fingerprint density at radius 1 is 1.38 bits per heavy atom. The average molecular weight is 342 g/mol. The number of aromatic hydroxyl groups is 1. The Morgan fingerprint density at radius 3 is 2.83 bits per heavy atom. The molecule has 1 saturated heterocycles. The largest absolute Gasteiger partial charge is 0.508 e. The van der Waals surface area contributed by atoms with Crippen LogP contribution in [-0.4, -0.2) is 41.1 Å². The quantitative estimate of drug-likeness (QED) is 0.882. The second-order valence-corrected chi connectivity index (χ2v) is 6.24. The molecule has 130 valence electrons. The number of benzene rings is 1. The van der Waals surface area contributed by atoms with Crippen LogP contribution in [0, 0.1) is 5.92 Å². The number of nitrogens with one attached hydrogen (secondary N) is 1. The smallest absolute Gasteiger partial charge is 0.406 e. The minimum atomic E-state index is -4.47. The number of carbonyl (C=O) groups is 2. The number of phenols is 1. The molecule has 0 aromatic heterocycles. The lowest BCUT2D eigenvalue weighted by Gasteiger charge is -2.19. The lowest BCUT2D eigenvalue weighted by atomic mass is 10.0. The maximum atomic E-state index is 12.4. The van der Waals surface area contributed by atoms with E-state index in [4.69, 9.17) is 0 Å². The fourth-order valence-electron chi connectivity index (χ4n) is 3.39. The molecule has 2 atom stereocenters. The summed E-state index contributed by atoms with van der Waals surface area (Å²) in [6.07, 6.45) is -3.44. The van der Waals surface area contributed by atoms with E-state index in [0.717, 1.165) is 11.1 Å². The summed E-state index contributed by atoms with van der Waals surface area (Å²) in [4.78, 5) is 24.7. The lowest BCUT2D eigenvalue weighted by molar-refractivity contribution is -0.157. The molecule has 24 heavy (non-hydrogen) atoms. The van der Waals surface area contributed by atoms with E-state index < -0.39 is 30.5 Å². The van der Waals surface area contributed by atoms with E-state index in [-0.39, 0.29) is 24.8 Å². The number of nitrogens with zero attached hydrogens (tertiary/aromatic N) is 1. The molecule has 0 unspecified atom stereocenters. The first-order valence-electron chi connectivity index (χ1n) is 7.70. The molecule has 5 nitrogen and oxygen atoms in total. The van der Waals surface area contributed by atoms with E-state index >= 15 is 0 Å². The molecule has 1 fully saturated rings. The molecule has 0 bridgehead atoms. The van der Waals surface area contributed by atoms with Crippen molar-refractivity contribution < 1.29 is 27.9 Å². The van der Waals surface area contributed by atoms with Crippen molar-refractivity contribution in [2.45, 2.75) is 31.5 Å². The second kappa shape index (κ2) is 5.99. The van der Waals surface area contributed by atoms with Gasteiger partial charge in [-0.25, -0.2) is 0 Å². The molecule has 0 radical (unpaired) electrons. The SMILES string of the molecule is O=C(N[C@H]1CCc2c(O)cccc21)[C@H]1CC(=O)N(CC(F)(F)F)C1. The number of hydrogen-bond acceptors (Lipinski definition) is 3. The third-order valence-electron chi connectivity index (χ3n) is 4.52. The number of rotatable bonds is 3. The summed E-state index contributed by atoms with van der Waals surface area (Å²) in [5.74, 6) is -1.68. The minimum Gasteiger partial charge on any atom is -0.508 e. The molecule has 2 N–H and O–H groups in total. The number of fused-ring (bicyclic) bond motifs is 1. The maximum Gasteiger partial charge on any atom is 0.406 e. The number of likely N-dealkylation sites (tertiary alicyclic amines) is 1. The number of halogens is 3. The second-order valence-electron chi connectivity index (χ2n) is 6.24. The molecule has 2 aliphatic rings. The Hall–Kier alpha value is -2.25. The predicted octanol–water partition coefficient (Wildman–Crippen LogP) is 1.91. The minimum absolute atomic E-state index is 0.177. The standard InChI is InChI=1S/C16H17F3N2O3/c17-16(18,19)8-21-7-9(6-14(21)23)15(24)20-12-5-4-11-10(12)2-1-3-13(11)22/h1-3,9,12,22H,4-8H2,(H,20,24)/t9-,12-/m0/s1. The molecule has 1 aromatic rings. The summed E-state index contributed by atoms with van der Waals surface area (Å²) in [6, 6.07) is 4.78. The average Bonchev–Trinajstić information content (AvgIpc) is 3.03. The van der Waals surface area contributed by atoms with Crippen molar-refractivity contribution in [3.63, 3.8) is 0 Å². The topological polar surface area (TPSA) is 69.6 Å². The highest BCUT2D eigenvalue weighted by molar-refractivity contribution is 5.89. The Bertz CT molecular complexity index is 675. The summed E-state index contributed by atoms with van der Waals surface area (Å²) in [5.41, 5.74) is 1.60. The van der Waals surface area contributed by atoms with Crippen LogP contribution in [0.3, 0.4) is 0 Å². The Kier molecular flexibility index (Phi) is 4.15. The van der Waals surface area contributed by atoms with E-state index in [1.165, 1.54) is 0 Å². The molecule has 1 aliphatic carbocycles. The molecule has 1 aromatic carbocycles. The summed E-state index contributed by atoms with van der Waals surface area (Å²) in [6.45, 7) is -1.54. The maximum absolute atomic E-state index is 12.4. The van der Waals surface area contributed by atoms with Crippen molar-refractivity contribution in [1.29, 1.82) is 0 Å². The van der Waals surface area contributed by atoms with Crippen molar-refractivity contribution in [2.24, 2.45) is 5.92 Å². The van der Waals surface area contributed by atoms with Gasteiger partial charge in [-0.2, -0.15) is 13.2 Å². The highest BCUT2D eigenvalue weighted by Crippen LogP contribution is 2.36. The fourth-order valence-corrected chi connectivity index (χ4v) is 3.39. The highest BCUT2D eigenvalue weighted by Gasteiger charge is 2.41. The van der Waals surface area contributed by atoms with Crippen molar-refractivity contribution in [1.82, 2.24) is 10.2 Å². The van der Waals surface area contributed by atoms with Gasteiger partial charge in [0, 0.05) is 13.0 Å². The van der Waals surface area contributed by atoms with E-state index in [1.807, 2.05) is 6.07 Å². The summed E-state index contributed by atoms with van der Waals surface area (Å²) in [7, 11) is 0. The summed E-state index contributed by atoms with van der Waals surface area (Å²) >= 11 is 0. The van der Waals surface area contributed by atoms with Gasteiger partial charge in [0.25, 0.3) is 0 Å². The first-order valence-corrected chi connectivity index (χ1v) is 7.70. The lowest BCUT2D eigenvalue weighted by Crippen LogP contribution is -2.37. The molecule has 0 saturated carbocycles. The molecule has 8 heteroatoms. The van der Waals surface area contributed by atoms with Crippen LogP contribution < -0.4 is 5.32 Å². The van der Waals surface area contributed by atoms with Gasteiger partial charge in [0.1, 0.15) is 12.3 Å². The van der Waals surface area contributed by atoms with Gasteiger partial charge < -0.3 is 15.3 Å². The zero-order valence-corrected chi connectivity index (χ0v) is 12.8. The van der Waals surface area contributed by atoms with Crippen LogP contribution >= 0.6 is 0 Å². The molecular formula is C16H17F3N2O3. The van der Waals surface area contributed by atoms with Crippen molar-refractivity contribution in [3.8, 4) is 5.75 Å². The molecule has 1 aliphatic heterocycles. The first kappa shape index (κ1) is 16.6. The van der Waals surface area contributed by atoms with Gasteiger partial charge in [0.15, 0.2) is 0 Å². The summed E-state index contributed by atoms with van der Waals surface area (Å²) in [5, 5.41) is 12.6. The number of amides is 2. The zero-order chi connectivity index (χ0) is 17.5. The summed E-state index contributed by atoms with van der Waals surface area (Å²) < 4.78 is 37.3. The first-order chi connectivity index (χ1) is 11.2. The zero-order valence-electron chi connectivity index (χ0n) is 12.8. The van der Waals surface area contributed by atoms with Crippen molar-refractivity contribution >= 4 is 11.8 Å². The van der Waals surface area contributed by atoms with Gasteiger partial charge in [-0.05, 0) is 30.0 Å². The Balaban J connectivity index is 1.63. The number of hydrogen-bond donors (Lipinski definition) is 2. The normalized spacial score (nSPS) is 23.5. The van der Waals surface area contributed by atoms with Crippen LogP contribution in [0.4, 0.5) is 13.2 Å². The van der Waals surface area contributed by atoms with Crippen LogP contribution in [0.25, 0.3) is 0 Å². The van der Waals surface area contributed by atoms with E-state index in [9.17, 15) is 27.9 Å². The molecular weight excluding hydrogens is 325 g/mol. The third kappa shape index (κ3) is 3.32. The third-order valence-corrected chi connectivity index (χ3v) is 4.52. The number of carbonyl (C=O) groups excluding carboxylic acids is 2. The molecule has 3 rings (SSSR count). The van der Waals surface area contributed by atoms with E-state index in [2.05, 4.69) is 5.32 Å².